The van der Waals surface area contributed by atoms with Crippen molar-refractivity contribution in [2.45, 2.75) is 6.92 Å². The molecule has 0 spiro atoms. The second-order valence-electron chi connectivity index (χ2n) is 4.86. The summed E-state index contributed by atoms with van der Waals surface area (Å²) in [4.78, 5) is 9.13. The molecular formula is C16H15FN4S. The summed E-state index contributed by atoms with van der Waals surface area (Å²) in [5.41, 5.74) is 3.08. The van der Waals surface area contributed by atoms with Gasteiger partial charge in [-0.15, -0.1) is 0 Å². The Morgan fingerprint density at radius 2 is 1.68 bits per heavy atom. The smallest absolute Gasteiger partial charge is 0.180 e. The Balaban J connectivity index is 2.05. The summed E-state index contributed by atoms with van der Waals surface area (Å²) in [7, 11) is 0. The average molecular weight is 314 g/mol. The van der Waals surface area contributed by atoms with E-state index < -0.39 is 0 Å². The molecule has 0 fully saturated rings. The highest BCUT2D eigenvalue weighted by Gasteiger charge is 2.09. The predicted octanol–water partition coefficient (Wildman–Crippen LogP) is 4.51. The van der Waals surface area contributed by atoms with Gasteiger partial charge in [-0.25, -0.2) is 14.4 Å². The van der Waals surface area contributed by atoms with Crippen LogP contribution in [-0.2, 0) is 0 Å². The standard InChI is InChI=1S/C16H15FN4S/c1-10-7-11(17)9-12(8-10)18-15-16(21-22-2)20-14-6-4-3-5-13(14)19-15/h3-9H,1-2H3,(H,18,19)(H,20,21). The van der Waals surface area contributed by atoms with Crippen LogP contribution in [0.15, 0.2) is 42.5 Å². The summed E-state index contributed by atoms with van der Waals surface area (Å²) in [5.74, 6) is 0.904. The third-order valence-electron chi connectivity index (χ3n) is 3.07. The zero-order valence-electron chi connectivity index (χ0n) is 12.2. The minimum absolute atomic E-state index is 0.282. The highest BCUT2D eigenvalue weighted by molar-refractivity contribution is 7.99. The van der Waals surface area contributed by atoms with Gasteiger partial charge in [0, 0.05) is 11.9 Å². The van der Waals surface area contributed by atoms with Crippen LogP contribution in [-0.4, -0.2) is 16.2 Å². The molecule has 0 aliphatic heterocycles. The molecule has 0 radical (unpaired) electrons. The molecule has 0 amide bonds. The molecule has 0 bridgehead atoms. The number of nitrogens with one attached hydrogen (secondary N) is 2. The van der Waals surface area contributed by atoms with E-state index in [1.165, 1.54) is 24.1 Å². The van der Waals surface area contributed by atoms with Gasteiger partial charge in [0.05, 0.1) is 11.0 Å². The van der Waals surface area contributed by atoms with Crippen molar-refractivity contribution in [1.82, 2.24) is 9.97 Å². The van der Waals surface area contributed by atoms with Crippen molar-refractivity contribution >= 4 is 40.3 Å². The predicted molar refractivity (Wildman–Crippen MR) is 91.1 cm³/mol. The Morgan fingerprint density at radius 3 is 2.32 bits per heavy atom. The number of nitrogens with zero attached hydrogens (tertiary/aromatic N) is 2. The van der Waals surface area contributed by atoms with Crippen molar-refractivity contribution in [3.63, 3.8) is 0 Å². The Morgan fingerprint density at radius 1 is 1.00 bits per heavy atom. The highest BCUT2D eigenvalue weighted by Crippen LogP contribution is 2.27. The Bertz CT molecular complexity index is 802. The molecule has 4 nitrogen and oxygen atoms in total. The number of hydrogen-bond acceptors (Lipinski definition) is 5. The summed E-state index contributed by atoms with van der Waals surface area (Å²) in [6.45, 7) is 1.85. The number of anilines is 3. The maximum atomic E-state index is 13.5. The molecule has 0 atom stereocenters. The van der Waals surface area contributed by atoms with Gasteiger partial charge in [-0.05, 0) is 42.8 Å². The Kier molecular flexibility index (Phi) is 4.11. The molecule has 22 heavy (non-hydrogen) atoms. The van der Waals surface area contributed by atoms with E-state index in [2.05, 4.69) is 20.0 Å². The first-order chi connectivity index (χ1) is 10.7. The number of aryl methyl sites for hydroxylation is 1. The van der Waals surface area contributed by atoms with Gasteiger partial charge in [0.25, 0.3) is 0 Å². The molecule has 1 aromatic heterocycles. The lowest BCUT2D eigenvalue weighted by molar-refractivity contribution is 0.627. The van der Waals surface area contributed by atoms with E-state index in [0.29, 0.717) is 17.3 Å². The Labute approximate surface area is 132 Å². The van der Waals surface area contributed by atoms with Crippen molar-refractivity contribution in [2.75, 3.05) is 16.3 Å². The molecule has 2 N–H and O–H groups in total. The largest absolute Gasteiger partial charge is 0.337 e. The van der Waals surface area contributed by atoms with Crippen molar-refractivity contribution in [3.05, 3.63) is 53.8 Å². The second-order valence-corrected chi connectivity index (χ2v) is 5.47. The van der Waals surface area contributed by atoms with Crippen LogP contribution < -0.4 is 10.0 Å². The molecule has 0 aliphatic carbocycles. The first-order valence-corrected chi connectivity index (χ1v) is 7.98. The lowest BCUT2D eigenvalue weighted by Gasteiger charge is -2.12. The van der Waals surface area contributed by atoms with Crippen LogP contribution >= 0.6 is 11.9 Å². The zero-order valence-corrected chi connectivity index (χ0v) is 13.0. The maximum Gasteiger partial charge on any atom is 0.180 e. The molecule has 112 valence electrons. The van der Waals surface area contributed by atoms with E-state index in [1.54, 1.807) is 0 Å². The van der Waals surface area contributed by atoms with Gasteiger partial charge in [-0.2, -0.15) is 0 Å². The summed E-state index contributed by atoms with van der Waals surface area (Å²) in [6, 6.07) is 12.4. The summed E-state index contributed by atoms with van der Waals surface area (Å²) in [5, 5.41) is 3.14. The number of hydrogen-bond donors (Lipinski definition) is 2. The van der Waals surface area contributed by atoms with Gasteiger partial charge < -0.3 is 10.0 Å². The topological polar surface area (TPSA) is 49.8 Å². The number of aromatic nitrogens is 2. The number of rotatable bonds is 4. The normalized spacial score (nSPS) is 10.7. The van der Waals surface area contributed by atoms with Crippen LogP contribution in [0.2, 0.25) is 0 Å². The quantitative estimate of drug-likeness (QED) is 0.694. The number of benzene rings is 2. The first kappa shape index (κ1) is 14.6. The lowest BCUT2D eigenvalue weighted by Crippen LogP contribution is -2.02. The third kappa shape index (κ3) is 3.12. The SMILES string of the molecule is CSNc1nc2ccccc2nc1Nc1cc(C)cc(F)c1. The minimum Gasteiger partial charge on any atom is -0.337 e. The van der Waals surface area contributed by atoms with E-state index in [1.807, 2.05) is 43.5 Å². The average Bonchev–Trinajstić information content (AvgIpc) is 2.47. The van der Waals surface area contributed by atoms with Gasteiger partial charge >= 0.3 is 0 Å². The molecule has 3 aromatic rings. The van der Waals surface area contributed by atoms with Gasteiger partial charge in [-0.1, -0.05) is 24.1 Å². The first-order valence-electron chi connectivity index (χ1n) is 6.76. The van der Waals surface area contributed by atoms with Gasteiger partial charge in [0.15, 0.2) is 11.6 Å². The minimum atomic E-state index is -0.282. The van der Waals surface area contributed by atoms with Crippen LogP contribution in [0.4, 0.5) is 21.7 Å². The van der Waals surface area contributed by atoms with E-state index in [4.69, 9.17) is 0 Å². The third-order valence-corrected chi connectivity index (χ3v) is 3.47. The van der Waals surface area contributed by atoms with Crippen LogP contribution in [0.25, 0.3) is 11.0 Å². The molecule has 6 heteroatoms. The van der Waals surface area contributed by atoms with Crippen molar-refractivity contribution < 1.29 is 4.39 Å². The lowest BCUT2D eigenvalue weighted by atomic mass is 10.2. The van der Waals surface area contributed by atoms with Crippen molar-refractivity contribution in [1.29, 1.82) is 0 Å². The van der Waals surface area contributed by atoms with E-state index in [9.17, 15) is 4.39 Å². The molecule has 0 aliphatic rings. The van der Waals surface area contributed by atoms with E-state index in [0.717, 1.165) is 16.6 Å². The molecule has 0 saturated heterocycles. The second kappa shape index (κ2) is 6.19. The highest BCUT2D eigenvalue weighted by atomic mass is 32.2. The fourth-order valence-electron chi connectivity index (χ4n) is 2.20. The van der Waals surface area contributed by atoms with Gasteiger partial charge in [0.2, 0.25) is 0 Å². The monoisotopic (exact) mass is 314 g/mol. The fraction of sp³-hybridized carbons (Fsp3) is 0.125. The van der Waals surface area contributed by atoms with Crippen LogP contribution in [0.3, 0.4) is 0 Å². The molecule has 3 rings (SSSR count). The maximum absolute atomic E-state index is 13.5. The number of para-hydroxylation sites is 2. The number of fused-ring (bicyclic) bond motifs is 1. The summed E-state index contributed by atoms with van der Waals surface area (Å²) >= 11 is 1.43. The van der Waals surface area contributed by atoms with E-state index in [-0.39, 0.29) is 5.82 Å². The van der Waals surface area contributed by atoms with Crippen molar-refractivity contribution in [2.24, 2.45) is 0 Å². The van der Waals surface area contributed by atoms with Crippen LogP contribution in [0, 0.1) is 12.7 Å². The van der Waals surface area contributed by atoms with Crippen LogP contribution in [0.5, 0.6) is 0 Å². The van der Waals surface area contributed by atoms with Crippen molar-refractivity contribution in [3.8, 4) is 0 Å². The molecule has 0 saturated carbocycles. The Hall–Kier alpha value is -2.34. The molecule has 1 heterocycles. The molecular weight excluding hydrogens is 299 g/mol. The van der Waals surface area contributed by atoms with Gasteiger partial charge in [-0.3, -0.25) is 0 Å². The fourth-order valence-corrected chi connectivity index (χ4v) is 2.54. The summed E-state index contributed by atoms with van der Waals surface area (Å²) < 4.78 is 16.6. The molecule has 2 aromatic carbocycles. The van der Waals surface area contributed by atoms with Gasteiger partial charge in [0.1, 0.15) is 5.82 Å². The molecule has 0 unspecified atom stereocenters. The zero-order chi connectivity index (χ0) is 15.5. The summed E-state index contributed by atoms with van der Waals surface area (Å²) in [6.07, 6.45) is 1.91. The van der Waals surface area contributed by atoms with Crippen LogP contribution in [0.1, 0.15) is 5.56 Å². The number of halogens is 1. The van der Waals surface area contributed by atoms with E-state index >= 15 is 0 Å².